The van der Waals surface area contributed by atoms with Crippen LogP contribution in [0.5, 0.6) is 0 Å². The van der Waals surface area contributed by atoms with Crippen LogP contribution in [0.1, 0.15) is 49.9 Å². The lowest BCUT2D eigenvalue weighted by atomic mass is 9.81. The Hall–Kier alpha value is -17.8. The molecule has 0 saturated heterocycles. The second-order valence-electron chi connectivity index (χ2n) is 39.4. The Morgan fingerprint density at radius 2 is 0.459 bits per heavy atom. The van der Waals surface area contributed by atoms with Gasteiger partial charge in [-0.1, -0.05) is 398 Å². The van der Waals surface area contributed by atoms with E-state index in [1.165, 1.54) is 195 Å². The molecule has 4 nitrogen and oxygen atoms in total. The lowest BCUT2D eigenvalue weighted by molar-refractivity contribution is 0.660. The van der Waals surface area contributed by atoms with Crippen LogP contribution in [0.25, 0.3) is 178 Å². The van der Waals surface area contributed by atoms with Gasteiger partial charge >= 0.3 is 0 Å². The van der Waals surface area contributed by atoms with E-state index < -0.39 is 0 Å². The van der Waals surface area contributed by atoms with Crippen LogP contribution >= 0.6 is 22.7 Å². The Balaban J connectivity index is 0.000000111. The number of hydrogen-bond acceptors (Lipinski definition) is 5. The number of anilines is 9. The third kappa shape index (κ3) is 16.0. The quantitative estimate of drug-likeness (QED) is 0.0958. The van der Waals surface area contributed by atoms with E-state index in [1.54, 1.807) is 0 Å². The van der Waals surface area contributed by atoms with Crippen LogP contribution in [0.15, 0.2) is 534 Å². The number of benzene rings is 23. The van der Waals surface area contributed by atoms with Crippen molar-refractivity contribution in [1.82, 2.24) is 4.57 Å². The summed E-state index contributed by atoms with van der Waals surface area (Å²) >= 11 is 3.72. The van der Waals surface area contributed by atoms with E-state index >= 15 is 0 Å². The maximum Gasteiger partial charge on any atom is 0.0541 e. The van der Waals surface area contributed by atoms with Crippen molar-refractivity contribution in [3.8, 4) is 94.7 Å². The van der Waals surface area contributed by atoms with Gasteiger partial charge in [-0.05, 0) is 291 Å². The van der Waals surface area contributed by atoms with Crippen LogP contribution in [-0.2, 0) is 10.8 Å². The van der Waals surface area contributed by atoms with E-state index in [9.17, 15) is 0 Å². The summed E-state index contributed by atoms with van der Waals surface area (Å²) in [7, 11) is 0. The molecule has 3 heterocycles. The van der Waals surface area contributed by atoms with Gasteiger partial charge in [-0.25, -0.2) is 0 Å². The first-order valence-corrected chi connectivity index (χ1v) is 52.0. The van der Waals surface area contributed by atoms with E-state index in [2.05, 4.69) is 581 Å². The molecule has 3 aromatic heterocycles. The average Bonchev–Trinajstić information content (AvgIpc) is 1.56. The first-order chi connectivity index (χ1) is 71.9. The fraction of sp³-hybridized carbons (Fsp3) is 0.0429. The van der Waals surface area contributed by atoms with Crippen LogP contribution in [0, 0.1) is 0 Å². The van der Waals surface area contributed by atoms with Gasteiger partial charge in [0.1, 0.15) is 0 Å². The van der Waals surface area contributed by atoms with E-state index in [-0.39, 0.29) is 10.8 Å². The van der Waals surface area contributed by atoms with Crippen LogP contribution < -0.4 is 14.7 Å². The number of rotatable bonds is 16. The largest absolute Gasteiger partial charge is 0.310 e. The maximum atomic E-state index is 2.41. The summed E-state index contributed by atoms with van der Waals surface area (Å²) in [6, 6.07) is 195. The van der Waals surface area contributed by atoms with Gasteiger partial charge in [-0.2, -0.15) is 0 Å². The molecule has 26 aromatic rings. The molecular formula is C140H100N4S2. The summed E-state index contributed by atoms with van der Waals surface area (Å²) in [6.45, 7) is 9.39. The Labute approximate surface area is 859 Å². The third-order valence-electron chi connectivity index (χ3n) is 30.2. The molecule has 23 aromatic carbocycles. The lowest BCUT2D eigenvalue weighted by Crippen LogP contribution is -2.14. The highest BCUT2D eigenvalue weighted by Gasteiger charge is 2.37. The molecule has 0 unspecified atom stereocenters. The van der Waals surface area contributed by atoms with Crippen LogP contribution in [0.4, 0.5) is 51.2 Å². The molecule has 0 aliphatic heterocycles. The Morgan fingerprint density at radius 1 is 0.171 bits per heavy atom. The molecule has 692 valence electrons. The standard InChI is InChI=1S/C49H35NS.C46H32N2.C45H33NS/c1-49(2)45-13-7-5-11-41(45)42-27-21-37(30-46(42)49)34-19-24-39(25-20-34)50(40-26-28-44-43-12-6-8-14-47(43)51-48(44)31-40)38-22-17-33(18-23-38)36-16-15-32-9-3-4-10-35(32)29-36;1-2-13-35(14-3-1)41-16-6-9-19-44(41)47(38-26-24-34(25-27-38)37-23-22-33-12-4-5-15-36(33)32-37)39-28-30-40(31-29-39)48-45-20-10-7-17-42(45)43-18-8-11-21-46(43)48;1-45(2)41-14-8-6-12-37(41)38-26-20-33(28-42(38)45)32-18-23-35(24-19-32)46(34-21-16-31(17-22-34)30-10-4-3-5-11-30)36-25-27-40-39-13-7-9-15-43(39)47-44(40)29-36/h3-31H,1-2H3;1-32H;3-29H,1-2H3. The molecule has 0 atom stereocenters. The molecule has 6 heteroatoms. The van der Waals surface area contributed by atoms with Crippen molar-refractivity contribution < 1.29 is 0 Å². The number of aromatic nitrogens is 1. The summed E-state index contributed by atoms with van der Waals surface area (Å²) in [5.41, 5.74) is 39.3. The van der Waals surface area contributed by atoms with Gasteiger partial charge < -0.3 is 19.3 Å². The third-order valence-corrected chi connectivity index (χ3v) is 32.4. The van der Waals surface area contributed by atoms with Gasteiger partial charge in [-0.3, -0.25) is 0 Å². The highest BCUT2D eigenvalue weighted by Crippen LogP contribution is 2.54. The van der Waals surface area contributed by atoms with Crippen molar-refractivity contribution >= 4 is 158 Å². The fourth-order valence-electron chi connectivity index (χ4n) is 22.7. The zero-order valence-electron chi connectivity index (χ0n) is 81.4. The summed E-state index contributed by atoms with van der Waals surface area (Å²) in [4.78, 5) is 7.15. The minimum absolute atomic E-state index is 0.0180. The summed E-state index contributed by atoms with van der Waals surface area (Å²) in [5.74, 6) is 0. The van der Waals surface area contributed by atoms with E-state index in [1.807, 2.05) is 22.7 Å². The second-order valence-corrected chi connectivity index (χ2v) is 41.6. The second kappa shape index (κ2) is 36.9. The average molecular weight is 1900 g/mol. The van der Waals surface area contributed by atoms with Gasteiger partial charge in [-0.15, -0.1) is 22.7 Å². The Bertz CT molecular complexity index is 9410. The number of hydrogen-bond donors (Lipinski definition) is 0. The van der Waals surface area contributed by atoms with Crippen molar-refractivity contribution in [3.63, 3.8) is 0 Å². The number of para-hydroxylation sites is 3. The smallest absolute Gasteiger partial charge is 0.0541 e. The Kier molecular flexibility index (Phi) is 22.4. The highest BCUT2D eigenvalue weighted by atomic mass is 32.1. The number of fused-ring (bicyclic) bond motifs is 17. The van der Waals surface area contributed by atoms with Crippen LogP contribution in [-0.4, -0.2) is 4.57 Å². The van der Waals surface area contributed by atoms with E-state index in [0.717, 1.165) is 56.9 Å². The van der Waals surface area contributed by atoms with Gasteiger partial charge in [0, 0.05) is 119 Å². The molecule has 28 rings (SSSR count). The van der Waals surface area contributed by atoms with Crippen molar-refractivity contribution in [1.29, 1.82) is 0 Å². The summed E-state index contributed by atoms with van der Waals surface area (Å²) < 4.78 is 7.61. The van der Waals surface area contributed by atoms with Crippen molar-refractivity contribution in [2.24, 2.45) is 0 Å². The molecule has 0 fully saturated rings. The molecule has 0 N–H and O–H groups in total. The first kappa shape index (κ1) is 88.4. The van der Waals surface area contributed by atoms with E-state index in [0.29, 0.717) is 0 Å². The minimum Gasteiger partial charge on any atom is -0.310 e. The maximum absolute atomic E-state index is 2.41. The van der Waals surface area contributed by atoms with E-state index in [4.69, 9.17) is 0 Å². The van der Waals surface area contributed by atoms with Crippen LogP contribution in [0.3, 0.4) is 0 Å². The SMILES string of the molecule is CC1(C)c2ccccc2-c2ccc(-c3ccc(N(c4ccc(-c5ccc6ccccc6c5)cc4)c4ccc5c(c4)sc4ccccc45)cc3)cc21.CC1(C)c2ccccc2-c2ccc(-c3ccc(N(c4ccc(-c5ccccc5)cc4)c4ccc5c(c4)sc4ccccc45)cc3)cc21.c1ccc(-c2ccccc2N(c2ccc(-c3ccc4ccccc4c3)cc2)c2ccc(-n3c4ccccc4c4ccccc43)cc2)cc1. The molecular weight excluding hydrogens is 1800 g/mol. The van der Waals surface area contributed by atoms with Gasteiger partial charge in [0.2, 0.25) is 0 Å². The van der Waals surface area contributed by atoms with Gasteiger partial charge in [0.05, 0.1) is 16.7 Å². The highest BCUT2D eigenvalue weighted by molar-refractivity contribution is 7.26. The molecule has 0 amide bonds. The molecule has 0 radical (unpaired) electrons. The van der Waals surface area contributed by atoms with Crippen molar-refractivity contribution in [2.45, 2.75) is 38.5 Å². The monoisotopic (exact) mass is 1900 g/mol. The van der Waals surface area contributed by atoms with Gasteiger partial charge in [0.15, 0.2) is 0 Å². The predicted molar refractivity (Wildman–Crippen MR) is 626 cm³/mol. The minimum atomic E-state index is -0.0249. The van der Waals surface area contributed by atoms with Crippen molar-refractivity contribution in [3.05, 3.63) is 556 Å². The van der Waals surface area contributed by atoms with Gasteiger partial charge in [0.25, 0.3) is 0 Å². The zero-order chi connectivity index (χ0) is 97.5. The number of nitrogens with zero attached hydrogens (tertiary/aromatic N) is 4. The fourth-order valence-corrected chi connectivity index (χ4v) is 24.9. The molecule has 0 saturated carbocycles. The number of thiophene rings is 2. The molecule has 2 aliphatic carbocycles. The molecule has 0 spiro atoms. The molecule has 0 bridgehead atoms. The topological polar surface area (TPSA) is 14.7 Å². The van der Waals surface area contributed by atoms with Crippen LogP contribution in [0.2, 0.25) is 0 Å². The molecule has 2 aliphatic rings. The summed E-state index contributed by atoms with van der Waals surface area (Å²) in [6.07, 6.45) is 0. The normalized spacial score (nSPS) is 12.5. The molecule has 146 heavy (non-hydrogen) atoms. The van der Waals surface area contributed by atoms with Crippen molar-refractivity contribution in [2.75, 3.05) is 14.7 Å². The Morgan fingerprint density at radius 3 is 0.890 bits per heavy atom. The lowest BCUT2D eigenvalue weighted by Gasteiger charge is -2.28. The first-order valence-electron chi connectivity index (χ1n) is 50.4. The zero-order valence-corrected chi connectivity index (χ0v) is 83.0. The predicted octanol–water partition coefficient (Wildman–Crippen LogP) is 40.2. The summed E-state index contributed by atoms with van der Waals surface area (Å²) in [5, 5.41) is 12.8.